The Morgan fingerprint density at radius 1 is 0.212 bits per heavy atom. The first-order valence-corrected chi connectivity index (χ1v) is 28.9. The molecular weight excluding hydrogens is 965 g/mol. The zero-order chi connectivity index (χ0) is 55.1. The van der Waals surface area contributed by atoms with Crippen molar-refractivity contribution in [1.29, 1.82) is 0 Å². The fourth-order valence-corrected chi connectivity index (χ4v) is 13.6. The normalized spacial score (nSPS) is 13.2. The summed E-state index contributed by atoms with van der Waals surface area (Å²) in [5.41, 5.74) is 22.7. The molecule has 4 aromatic heterocycles. The second kappa shape index (κ2) is 16.6. The van der Waals surface area contributed by atoms with Gasteiger partial charge in [-0.25, -0.2) is 0 Å². The van der Waals surface area contributed by atoms with E-state index in [1.807, 2.05) is 0 Å². The van der Waals surface area contributed by atoms with Crippen molar-refractivity contribution in [3.05, 3.63) is 216 Å². The number of fused-ring (bicyclic) bond motifs is 14. The minimum Gasteiger partial charge on any atom is -0.308 e. The van der Waals surface area contributed by atoms with Gasteiger partial charge in [-0.15, -0.1) is 0 Å². The maximum absolute atomic E-state index is 2.61. The monoisotopic (exact) mass is 1030 g/mol. The van der Waals surface area contributed by atoms with E-state index in [-0.39, 0.29) is 21.7 Å². The number of aromatic nitrogens is 2. The molecule has 0 N–H and O–H groups in total. The summed E-state index contributed by atoms with van der Waals surface area (Å²) in [6.45, 7) is 28.2. The molecule has 0 aliphatic carbocycles. The van der Waals surface area contributed by atoms with Gasteiger partial charge >= 0.3 is 0 Å². The Morgan fingerprint density at radius 2 is 0.487 bits per heavy atom. The van der Waals surface area contributed by atoms with E-state index in [1.54, 1.807) is 0 Å². The lowest BCUT2D eigenvalue weighted by atomic mass is 9.82. The summed E-state index contributed by atoms with van der Waals surface area (Å²) < 4.78 is 5.21. The average Bonchev–Trinajstić information content (AvgIpc) is 4.23. The van der Waals surface area contributed by atoms with Gasteiger partial charge in [-0.1, -0.05) is 204 Å². The molecule has 0 unspecified atom stereocenters. The van der Waals surface area contributed by atoms with E-state index in [2.05, 4.69) is 286 Å². The van der Waals surface area contributed by atoms with Crippen LogP contribution in [0.15, 0.2) is 194 Å². The first kappa shape index (κ1) is 48.6. The number of rotatable bonds is 4. The zero-order valence-electron chi connectivity index (χ0n) is 48.4. The molecule has 15 aromatic rings. The first-order chi connectivity index (χ1) is 38.2. The van der Waals surface area contributed by atoms with E-state index >= 15 is 0 Å². The lowest BCUT2D eigenvalue weighted by Gasteiger charge is -2.21. The third kappa shape index (κ3) is 7.16. The number of benzene rings is 11. The van der Waals surface area contributed by atoms with Crippen LogP contribution in [0.5, 0.6) is 0 Å². The van der Waals surface area contributed by atoms with E-state index in [1.165, 1.54) is 164 Å². The third-order valence-corrected chi connectivity index (χ3v) is 18.2. The molecule has 0 radical (unpaired) electrons. The molecule has 0 saturated carbocycles. The van der Waals surface area contributed by atoms with Crippen LogP contribution in [-0.4, -0.2) is 8.80 Å². The summed E-state index contributed by atoms with van der Waals surface area (Å²) >= 11 is 0. The smallest absolute Gasteiger partial charge is 0.0620 e. The molecule has 0 spiro atoms. The molecule has 0 amide bonds. The van der Waals surface area contributed by atoms with Gasteiger partial charge in [0.1, 0.15) is 0 Å². The largest absolute Gasteiger partial charge is 0.308 e. The van der Waals surface area contributed by atoms with Crippen molar-refractivity contribution >= 4 is 97.7 Å². The van der Waals surface area contributed by atoms with Gasteiger partial charge < -0.3 is 8.80 Å². The molecule has 80 heavy (non-hydrogen) atoms. The van der Waals surface area contributed by atoms with Crippen LogP contribution in [0.3, 0.4) is 0 Å². The van der Waals surface area contributed by atoms with Crippen LogP contribution in [0.1, 0.15) is 105 Å². The van der Waals surface area contributed by atoms with Crippen LogP contribution in [0, 0.1) is 0 Å². The van der Waals surface area contributed by atoms with Crippen LogP contribution < -0.4 is 0 Å². The van der Waals surface area contributed by atoms with Gasteiger partial charge in [-0.05, 0) is 183 Å². The minimum absolute atomic E-state index is 0.0123. The third-order valence-electron chi connectivity index (χ3n) is 18.2. The van der Waals surface area contributed by atoms with Gasteiger partial charge in [0, 0.05) is 43.1 Å². The zero-order valence-corrected chi connectivity index (χ0v) is 48.4. The highest BCUT2D eigenvalue weighted by molar-refractivity contribution is 6.32. The molecule has 0 saturated heterocycles. The molecule has 0 aliphatic rings. The molecule has 0 atom stereocenters. The van der Waals surface area contributed by atoms with Crippen molar-refractivity contribution in [3.63, 3.8) is 0 Å². The van der Waals surface area contributed by atoms with Gasteiger partial charge in [-0.3, -0.25) is 0 Å². The quantitative estimate of drug-likeness (QED) is 0.155. The van der Waals surface area contributed by atoms with E-state index in [0.29, 0.717) is 0 Å². The summed E-state index contributed by atoms with van der Waals surface area (Å²) in [5.74, 6) is 0. The van der Waals surface area contributed by atoms with Crippen LogP contribution >= 0.6 is 0 Å². The minimum atomic E-state index is -0.0603. The van der Waals surface area contributed by atoms with Gasteiger partial charge in [-0.2, -0.15) is 0 Å². The van der Waals surface area contributed by atoms with Crippen molar-refractivity contribution in [2.75, 3.05) is 0 Å². The summed E-state index contributed by atoms with van der Waals surface area (Å²) in [6.07, 6.45) is 0. The molecular formula is C78H68N2. The van der Waals surface area contributed by atoms with Crippen LogP contribution in [0.25, 0.3) is 142 Å². The van der Waals surface area contributed by atoms with Crippen molar-refractivity contribution in [2.45, 2.75) is 105 Å². The van der Waals surface area contributed by atoms with Gasteiger partial charge in [0.05, 0.1) is 33.1 Å². The fraction of sp³-hybridized carbons (Fsp3) is 0.205. The van der Waals surface area contributed by atoms with E-state index in [9.17, 15) is 0 Å². The second-order valence-corrected chi connectivity index (χ2v) is 27.4. The number of hydrogen-bond acceptors (Lipinski definition) is 0. The summed E-state index contributed by atoms with van der Waals surface area (Å²) in [4.78, 5) is 0. The molecule has 0 aliphatic heterocycles. The van der Waals surface area contributed by atoms with Crippen molar-refractivity contribution in [2.24, 2.45) is 0 Å². The van der Waals surface area contributed by atoms with E-state index < -0.39 is 0 Å². The van der Waals surface area contributed by atoms with Gasteiger partial charge in [0.25, 0.3) is 0 Å². The number of hydrogen-bond donors (Lipinski definition) is 0. The lowest BCUT2D eigenvalue weighted by molar-refractivity contribution is 0.590. The molecule has 4 heterocycles. The Hall–Kier alpha value is -8.46. The predicted octanol–water partition coefficient (Wildman–Crippen LogP) is 22.2. The Kier molecular flexibility index (Phi) is 10.1. The maximum atomic E-state index is 2.61. The highest BCUT2D eigenvalue weighted by atomic mass is 14.9. The summed E-state index contributed by atoms with van der Waals surface area (Å²) in [5, 5.41) is 15.5. The van der Waals surface area contributed by atoms with E-state index in [4.69, 9.17) is 0 Å². The number of nitrogens with zero attached hydrogens (tertiary/aromatic N) is 2. The molecule has 2 nitrogen and oxygen atoms in total. The van der Waals surface area contributed by atoms with Crippen molar-refractivity contribution < 1.29 is 0 Å². The standard InChI is InChI=1S/C78H68N2/c1-75(2,3)51-31-33-67-55(35-51)63-37-53(77(7,8)9)39-65-57-41-59-61(43-69(57)79(67)73(63)65)71(49-27-23-47(24-28-49)45-19-15-13-16-20-45)60-42-58-66-40-54(78(10,11)12)38-64-56-36-52(76(4,5)6)32-34-68(56)80(74(64)66)70(58)44-62(60)72(59)50-29-25-48(26-30-50)46-21-17-14-18-22-46/h13-44H,1-12H3. The summed E-state index contributed by atoms with van der Waals surface area (Å²) in [7, 11) is 0. The SMILES string of the molecule is CC(C)(C)c1ccc2c(c1)c1cc(C(C)(C)C)cc3c4cc5c(-c6ccc(-c7ccccc7)cc6)c6cc7c(cc6c(-c6ccc(-c8ccccc8)cc6)c5cc4n2c13)c1cc(C(C)(C)C)cc2c3cc(C(C)(C)C)ccc3n7c21. The molecule has 0 bridgehead atoms. The predicted molar refractivity (Wildman–Crippen MR) is 347 cm³/mol. The molecule has 390 valence electrons. The van der Waals surface area contributed by atoms with Crippen molar-refractivity contribution in [3.8, 4) is 44.5 Å². The Bertz CT molecular complexity index is 4700. The van der Waals surface area contributed by atoms with Crippen LogP contribution in [0.4, 0.5) is 0 Å². The lowest BCUT2D eigenvalue weighted by Crippen LogP contribution is -2.11. The Balaban J connectivity index is 1.15. The second-order valence-electron chi connectivity index (χ2n) is 27.4. The topological polar surface area (TPSA) is 8.82 Å². The van der Waals surface area contributed by atoms with Crippen molar-refractivity contribution in [1.82, 2.24) is 8.80 Å². The first-order valence-electron chi connectivity index (χ1n) is 28.9. The Labute approximate surface area is 469 Å². The molecule has 0 fully saturated rings. The molecule has 11 aromatic carbocycles. The van der Waals surface area contributed by atoms with Crippen LogP contribution in [-0.2, 0) is 21.7 Å². The average molecular weight is 1030 g/mol. The van der Waals surface area contributed by atoms with E-state index in [0.717, 1.165) is 0 Å². The Morgan fingerprint density at radius 3 is 0.812 bits per heavy atom. The van der Waals surface area contributed by atoms with Crippen LogP contribution in [0.2, 0.25) is 0 Å². The molecule has 15 rings (SSSR count). The van der Waals surface area contributed by atoms with Gasteiger partial charge in [0.2, 0.25) is 0 Å². The summed E-state index contributed by atoms with van der Waals surface area (Å²) in [6, 6.07) is 75.4. The highest BCUT2D eigenvalue weighted by Crippen LogP contribution is 2.52. The van der Waals surface area contributed by atoms with Gasteiger partial charge in [0.15, 0.2) is 0 Å². The fourth-order valence-electron chi connectivity index (χ4n) is 13.6. The maximum Gasteiger partial charge on any atom is 0.0620 e. The highest BCUT2D eigenvalue weighted by Gasteiger charge is 2.29. The molecule has 2 heteroatoms.